The average molecular weight is 199 g/mol. The first kappa shape index (κ1) is 13.2. The quantitative estimate of drug-likeness (QED) is 0.339. The van der Waals surface area contributed by atoms with Gasteiger partial charge in [0, 0.05) is 6.08 Å². The molecule has 3 nitrogen and oxygen atoms in total. The van der Waals surface area contributed by atoms with E-state index in [2.05, 4.69) is 25.3 Å². The molecule has 82 valence electrons. The zero-order valence-corrected chi connectivity index (χ0v) is 9.29. The van der Waals surface area contributed by atoms with Crippen LogP contribution >= 0.6 is 0 Å². The monoisotopic (exact) mass is 199 g/mol. The van der Waals surface area contributed by atoms with Gasteiger partial charge in [0.2, 0.25) is 0 Å². The molecule has 0 fully saturated rings. The van der Waals surface area contributed by atoms with E-state index in [9.17, 15) is 4.79 Å². The van der Waals surface area contributed by atoms with Crippen LogP contribution in [0.3, 0.4) is 0 Å². The number of hydrogen-bond donors (Lipinski definition) is 0. The summed E-state index contributed by atoms with van der Waals surface area (Å²) in [5.74, 6) is -0.326. The van der Waals surface area contributed by atoms with Crippen molar-refractivity contribution in [2.24, 2.45) is 0 Å². The lowest BCUT2D eigenvalue weighted by Crippen LogP contribution is -2.24. The molecular formula is C11H21NO2. The van der Waals surface area contributed by atoms with Crippen LogP contribution in [-0.4, -0.2) is 37.1 Å². The Morgan fingerprint density at radius 1 is 1.36 bits per heavy atom. The number of carbonyl (C=O) groups is 1. The third-order valence-corrected chi connectivity index (χ3v) is 2.17. The summed E-state index contributed by atoms with van der Waals surface area (Å²) in [5, 5.41) is 0. The molecule has 0 saturated carbocycles. The minimum absolute atomic E-state index is 0.326. The maximum Gasteiger partial charge on any atom is 0.330 e. The lowest BCUT2D eigenvalue weighted by Gasteiger charge is -2.17. The van der Waals surface area contributed by atoms with Crippen molar-refractivity contribution < 1.29 is 9.53 Å². The lowest BCUT2D eigenvalue weighted by molar-refractivity contribution is -0.137. The first-order valence-corrected chi connectivity index (χ1v) is 5.26. The molecule has 0 rings (SSSR count). The highest BCUT2D eigenvalue weighted by molar-refractivity contribution is 5.81. The maximum absolute atomic E-state index is 10.7. The van der Waals surface area contributed by atoms with Gasteiger partial charge in [0.05, 0.1) is 6.61 Å². The third-order valence-electron chi connectivity index (χ3n) is 2.17. The van der Waals surface area contributed by atoms with Crippen LogP contribution in [0.4, 0.5) is 0 Å². The van der Waals surface area contributed by atoms with Crippen molar-refractivity contribution in [2.75, 3.05) is 26.2 Å². The number of rotatable bonds is 8. The van der Waals surface area contributed by atoms with Crippen molar-refractivity contribution in [1.82, 2.24) is 4.90 Å². The standard InChI is InChI=1S/C11H21NO2/c1-4-11(13)14-10-8-7-9-12(5-2)6-3/h4H,1,5-10H2,2-3H3. The highest BCUT2D eigenvalue weighted by atomic mass is 16.5. The third kappa shape index (κ3) is 6.66. The molecule has 0 amide bonds. The summed E-state index contributed by atoms with van der Waals surface area (Å²) in [5.41, 5.74) is 0. The molecule has 0 saturated heterocycles. The summed E-state index contributed by atoms with van der Waals surface area (Å²) in [4.78, 5) is 13.0. The number of esters is 1. The summed E-state index contributed by atoms with van der Waals surface area (Å²) in [6.07, 6.45) is 3.20. The van der Waals surface area contributed by atoms with E-state index < -0.39 is 0 Å². The number of ether oxygens (including phenoxy) is 1. The summed E-state index contributed by atoms with van der Waals surface area (Å²) in [6.45, 7) is 11.4. The SMILES string of the molecule is C=CC(=O)OCCCCN(CC)CC. The van der Waals surface area contributed by atoms with Gasteiger partial charge >= 0.3 is 5.97 Å². The second-order valence-corrected chi connectivity index (χ2v) is 3.11. The van der Waals surface area contributed by atoms with Crippen molar-refractivity contribution >= 4 is 5.97 Å². The van der Waals surface area contributed by atoms with Crippen LogP contribution in [0, 0.1) is 0 Å². The molecule has 0 radical (unpaired) electrons. The van der Waals surface area contributed by atoms with E-state index in [0.29, 0.717) is 6.61 Å². The topological polar surface area (TPSA) is 29.5 Å². The minimum atomic E-state index is -0.326. The Bertz CT molecular complexity index is 165. The van der Waals surface area contributed by atoms with E-state index >= 15 is 0 Å². The molecule has 0 spiro atoms. The van der Waals surface area contributed by atoms with Gasteiger partial charge in [-0.25, -0.2) is 4.79 Å². The number of nitrogens with zero attached hydrogens (tertiary/aromatic N) is 1. The summed E-state index contributed by atoms with van der Waals surface area (Å²) >= 11 is 0. The Kier molecular flexibility index (Phi) is 8.24. The zero-order valence-electron chi connectivity index (χ0n) is 9.29. The van der Waals surface area contributed by atoms with Crippen molar-refractivity contribution in [3.63, 3.8) is 0 Å². The van der Waals surface area contributed by atoms with Gasteiger partial charge in [0.25, 0.3) is 0 Å². The first-order chi connectivity index (χ1) is 6.74. The van der Waals surface area contributed by atoms with Crippen LogP contribution < -0.4 is 0 Å². The van der Waals surface area contributed by atoms with Gasteiger partial charge in [-0.2, -0.15) is 0 Å². The fraction of sp³-hybridized carbons (Fsp3) is 0.727. The Morgan fingerprint density at radius 2 is 2.00 bits per heavy atom. The normalized spacial score (nSPS) is 10.2. The van der Waals surface area contributed by atoms with Gasteiger partial charge in [-0.3, -0.25) is 0 Å². The summed E-state index contributed by atoms with van der Waals surface area (Å²) in [7, 11) is 0. The van der Waals surface area contributed by atoms with E-state index in [0.717, 1.165) is 32.5 Å². The van der Waals surface area contributed by atoms with Crippen LogP contribution in [0.5, 0.6) is 0 Å². The van der Waals surface area contributed by atoms with Crippen LogP contribution in [0.15, 0.2) is 12.7 Å². The largest absolute Gasteiger partial charge is 0.463 e. The Labute approximate surface area is 86.7 Å². The van der Waals surface area contributed by atoms with Gasteiger partial charge < -0.3 is 9.64 Å². The molecule has 0 aromatic carbocycles. The molecule has 0 aromatic rings. The highest BCUT2D eigenvalue weighted by Gasteiger charge is 1.99. The molecule has 0 heterocycles. The molecular weight excluding hydrogens is 178 g/mol. The van der Waals surface area contributed by atoms with Crippen LogP contribution in [0.1, 0.15) is 26.7 Å². The van der Waals surface area contributed by atoms with Crippen molar-refractivity contribution in [2.45, 2.75) is 26.7 Å². The Hall–Kier alpha value is -0.830. The van der Waals surface area contributed by atoms with Crippen LogP contribution in [0.25, 0.3) is 0 Å². The van der Waals surface area contributed by atoms with E-state index in [1.165, 1.54) is 6.08 Å². The van der Waals surface area contributed by atoms with Crippen LogP contribution in [0.2, 0.25) is 0 Å². The fourth-order valence-electron chi connectivity index (χ4n) is 1.21. The zero-order chi connectivity index (χ0) is 10.8. The van der Waals surface area contributed by atoms with E-state index in [1.54, 1.807) is 0 Å². The molecule has 0 bridgehead atoms. The molecule has 0 aliphatic heterocycles. The lowest BCUT2D eigenvalue weighted by atomic mass is 10.3. The number of hydrogen-bond acceptors (Lipinski definition) is 3. The Balaban J connectivity index is 3.28. The van der Waals surface area contributed by atoms with Gasteiger partial charge in [-0.1, -0.05) is 20.4 Å². The van der Waals surface area contributed by atoms with Crippen LogP contribution in [-0.2, 0) is 9.53 Å². The van der Waals surface area contributed by atoms with Crippen molar-refractivity contribution in [3.05, 3.63) is 12.7 Å². The second kappa shape index (κ2) is 8.75. The number of unbranched alkanes of at least 4 members (excludes halogenated alkanes) is 1. The minimum Gasteiger partial charge on any atom is -0.463 e. The van der Waals surface area contributed by atoms with Gasteiger partial charge in [-0.15, -0.1) is 0 Å². The Morgan fingerprint density at radius 3 is 2.50 bits per heavy atom. The van der Waals surface area contributed by atoms with Gasteiger partial charge in [-0.05, 0) is 32.5 Å². The molecule has 0 aromatic heterocycles. The van der Waals surface area contributed by atoms with Crippen molar-refractivity contribution in [3.8, 4) is 0 Å². The smallest absolute Gasteiger partial charge is 0.330 e. The maximum atomic E-state index is 10.7. The molecule has 0 N–H and O–H groups in total. The van der Waals surface area contributed by atoms with E-state index in [-0.39, 0.29) is 5.97 Å². The molecule has 0 unspecified atom stereocenters. The van der Waals surface area contributed by atoms with Gasteiger partial charge in [0.1, 0.15) is 0 Å². The van der Waals surface area contributed by atoms with Crippen molar-refractivity contribution in [1.29, 1.82) is 0 Å². The molecule has 0 aliphatic rings. The summed E-state index contributed by atoms with van der Waals surface area (Å²) in [6, 6.07) is 0. The predicted molar refractivity (Wildman–Crippen MR) is 58.2 cm³/mol. The molecule has 14 heavy (non-hydrogen) atoms. The summed E-state index contributed by atoms with van der Waals surface area (Å²) < 4.78 is 4.86. The van der Waals surface area contributed by atoms with E-state index in [1.807, 2.05) is 0 Å². The first-order valence-electron chi connectivity index (χ1n) is 5.26. The highest BCUT2D eigenvalue weighted by Crippen LogP contribution is 1.95. The molecule has 0 atom stereocenters. The molecule has 0 aliphatic carbocycles. The predicted octanol–water partition coefficient (Wildman–Crippen LogP) is 1.84. The fourth-order valence-corrected chi connectivity index (χ4v) is 1.21. The molecule has 3 heteroatoms. The van der Waals surface area contributed by atoms with E-state index in [4.69, 9.17) is 4.74 Å². The second-order valence-electron chi connectivity index (χ2n) is 3.11. The average Bonchev–Trinajstić information content (AvgIpc) is 2.23. The van der Waals surface area contributed by atoms with Gasteiger partial charge in [0.15, 0.2) is 0 Å². The number of carbonyl (C=O) groups excluding carboxylic acids is 1.